The Morgan fingerprint density at radius 3 is 2.56 bits per heavy atom. The number of ketones is 1. The van der Waals surface area contributed by atoms with Gasteiger partial charge < -0.3 is 10.1 Å². The van der Waals surface area contributed by atoms with E-state index in [1.807, 2.05) is 19.1 Å². The van der Waals surface area contributed by atoms with Gasteiger partial charge in [0.25, 0.3) is 5.91 Å². The third kappa shape index (κ3) is 4.93. The van der Waals surface area contributed by atoms with Crippen LogP contribution in [0.5, 0.6) is 5.75 Å². The van der Waals surface area contributed by atoms with Crippen LogP contribution in [0.1, 0.15) is 22.3 Å². The third-order valence-electron chi connectivity index (χ3n) is 3.70. The highest BCUT2D eigenvalue weighted by Gasteiger charge is 2.13. The molecule has 1 N–H and O–H groups in total. The van der Waals surface area contributed by atoms with Crippen LogP contribution < -0.4 is 10.1 Å². The SMILES string of the molecule is CC(=O)c1sc(-c2ccc(OCC(=O)Nc3cccc(Cl)c3)cc2)nc1C. The van der Waals surface area contributed by atoms with Crippen LogP contribution in [0, 0.1) is 6.92 Å². The molecule has 0 aliphatic heterocycles. The lowest BCUT2D eigenvalue weighted by Crippen LogP contribution is -2.20. The maximum atomic E-state index is 12.0. The van der Waals surface area contributed by atoms with Gasteiger partial charge in [0.15, 0.2) is 12.4 Å². The fourth-order valence-electron chi connectivity index (χ4n) is 2.45. The Balaban J connectivity index is 1.60. The average molecular weight is 401 g/mol. The van der Waals surface area contributed by atoms with E-state index in [1.54, 1.807) is 36.4 Å². The summed E-state index contributed by atoms with van der Waals surface area (Å²) in [6.07, 6.45) is 0. The molecule has 0 aliphatic rings. The van der Waals surface area contributed by atoms with Crippen molar-refractivity contribution < 1.29 is 14.3 Å². The molecule has 7 heteroatoms. The summed E-state index contributed by atoms with van der Waals surface area (Å²) >= 11 is 7.26. The molecule has 2 aromatic carbocycles. The van der Waals surface area contributed by atoms with Crippen molar-refractivity contribution in [1.29, 1.82) is 0 Å². The number of ether oxygens (including phenoxy) is 1. The predicted octanol–water partition coefficient (Wildman–Crippen LogP) is 4.99. The first-order valence-electron chi connectivity index (χ1n) is 8.19. The number of nitrogens with one attached hydrogen (secondary N) is 1. The normalized spacial score (nSPS) is 10.5. The first-order chi connectivity index (χ1) is 12.9. The maximum absolute atomic E-state index is 12.0. The first-order valence-corrected chi connectivity index (χ1v) is 9.39. The second-order valence-corrected chi connectivity index (χ2v) is 7.30. The Morgan fingerprint density at radius 1 is 1.19 bits per heavy atom. The quantitative estimate of drug-likeness (QED) is 0.591. The lowest BCUT2D eigenvalue weighted by atomic mass is 10.2. The number of aromatic nitrogens is 1. The largest absolute Gasteiger partial charge is 0.484 e. The average Bonchev–Trinajstić information content (AvgIpc) is 3.02. The Kier molecular flexibility index (Phi) is 5.88. The summed E-state index contributed by atoms with van der Waals surface area (Å²) in [4.78, 5) is 28.7. The lowest BCUT2D eigenvalue weighted by Gasteiger charge is -2.08. The van der Waals surface area contributed by atoms with Crippen LogP contribution >= 0.6 is 22.9 Å². The van der Waals surface area contributed by atoms with E-state index < -0.39 is 0 Å². The van der Waals surface area contributed by atoms with Crippen molar-refractivity contribution in [3.05, 3.63) is 64.1 Å². The standard InChI is InChI=1S/C20H17ClN2O3S/c1-12-19(13(2)24)27-20(22-12)14-6-8-17(9-7-14)26-11-18(25)23-16-5-3-4-15(21)10-16/h3-10H,11H2,1-2H3,(H,23,25). The number of carbonyl (C=O) groups is 2. The van der Waals surface area contributed by atoms with Crippen molar-refractivity contribution in [2.24, 2.45) is 0 Å². The first kappa shape index (κ1) is 19.1. The molecule has 0 fully saturated rings. The van der Waals surface area contributed by atoms with Crippen molar-refractivity contribution in [2.75, 3.05) is 11.9 Å². The smallest absolute Gasteiger partial charge is 0.262 e. The number of carbonyl (C=O) groups excluding carboxylic acids is 2. The molecule has 0 saturated carbocycles. The van der Waals surface area contributed by atoms with E-state index in [1.165, 1.54) is 18.3 Å². The van der Waals surface area contributed by atoms with Gasteiger partial charge in [-0.2, -0.15) is 0 Å². The van der Waals surface area contributed by atoms with Gasteiger partial charge in [0.05, 0.1) is 10.6 Å². The summed E-state index contributed by atoms with van der Waals surface area (Å²) in [6, 6.07) is 14.2. The van der Waals surface area contributed by atoms with Gasteiger partial charge >= 0.3 is 0 Å². The molecule has 3 aromatic rings. The molecule has 1 heterocycles. The zero-order valence-corrected chi connectivity index (χ0v) is 16.4. The molecule has 3 rings (SSSR count). The molecule has 0 aliphatic carbocycles. The highest BCUT2D eigenvalue weighted by atomic mass is 35.5. The summed E-state index contributed by atoms with van der Waals surface area (Å²) in [7, 11) is 0. The number of thiazole rings is 1. The van der Waals surface area contributed by atoms with Crippen LogP contribution in [0.25, 0.3) is 10.6 Å². The van der Waals surface area contributed by atoms with Crippen LogP contribution in [-0.4, -0.2) is 23.3 Å². The van der Waals surface area contributed by atoms with E-state index in [-0.39, 0.29) is 18.3 Å². The second-order valence-electron chi connectivity index (χ2n) is 5.86. The number of amides is 1. The molecule has 1 amide bonds. The fraction of sp³-hybridized carbons (Fsp3) is 0.150. The predicted molar refractivity (Wildman–Crippen MR) is 108 cm³/mol. The molecule has 0 bridgehead atoms. The minimum atomic E-state index is -0.275. The minimum Gasteiger partial charge on any atom is -0.484 e. The van der Waals surface area contributed by atoms with Crippen molar-refractivity contribution in [3.8, 4) is 16.3 Å². The molecular weight excluding hydrogens is 384 g/mol. The number of benzene rings is 2. The van der Waals surface area contributed by atoms with Crippen molar-refractivity contribution in [1.82, 2.24) is 4.98 Å². The highest BCUT2D eigenvalue weighted by molar-refractivity contribution is 7.17. The molecule has 0 atom stereocenters. The monoisotopic (exact) mass is 400 g/mol. The summed E-state index contributed by atoms with van der Waals surface area (Å²) in [5, 5.41) is 4.05. The van der Waals surface area contributed by atoms with Crippen LogP contribution in [0.15, 0.2) is 48.5 Å². The highest BCUT2D eigenvalue weighted by Crippen LogP contribution is 2.29. The van der Waals surface area contributed by atoms with E-state index in [9.17, 15) is 9.59 Å². The van der Waals surface area contributed by atoms with Gasteiger partial charge in [0.2, 0.25) is 0 Å². The van der Waals surface area contributed by atoms with E-state index in [4.69, 9.17) is 16.3 Å². The topological polar surface area (TPSA) is 68.3 Å². The van der Waals surface area contributed by atoms with Crippen LogP contribution in [0.4, 0.5) is 5.69 Å². The fourth-order valence-corrected chi connectivity index (χ4v) is 3.61. The van der Waals surface area contributed by atoms with Crippen LogP contribution in [0.2, 0.25) is 5.02 Å². The maximum Gasteiger partial charge on any atom is 0.262 e. The number of aryl methyl sites for hydroxylation is 1. The van der Waals surface area contributed by atoms with Gasteiger partial charge in [-0.15, -0.1) is 11.3 Å². The molecule has 0 radical (unpaired) electrons. The summed E-state index contributed by atoms with van der Waals surface area (Å²) in [5.41, 5.74) is 2.25. The Bertz CT molecular complexity index is 983. The van der Waals surface area contributed by atoms with E-state index in [0.29, 0.717) is 21.3 Å². The molecule has 0 spiro atoms. The summed E-state index contributed by atoms with van der Waals surface area (Å²) in [6.45, 7) is 3.25. The van der Waals surface area contributed by atoms with Crippen LogP contribution in [0.3, 0.4) is 0 Å². The Labute approximate surface area is 166 Å². The molecule has 27 heavy (non-hydrogen) atoms. The Hall–Kier alpha value is -2.70. The zero-order chi connectivity index (χ0) is 19.4. The number of Topliss-reactive ketones (excluding diaryl/α,β-unsaturated/α-hetero) is 1. The van der Waals surface area contributed by atoms with Gasteiger partial charge in [0, 0.05) is 23.2 Å². The van der Waals surface area contributed by atoms with Crippen molar-refractivity contribution in [2.45, 2.75) is 13.8 Å². The third-order valence-corrected chi connectivity index (χ3v) is 5.24. The van der Waals surface area contributed by atoms with Gasteiger partial charge in [-0.1, -0.05) is 17.7 Å². The van der Waals surface area contributed by atoms with Crippen molar-refractivity contribution in [3.63, 3.8) is 0 Å². The Morgan fingerprint density at radius 2 is 1.93 bits per heavy atom. The summed E-state index contributed by atoms with van der Waals surface area (Å²) in [5.74, 6) is 0.310. The number of rotatable bonds is 6. The lowest BCUT2D eigenvalue weighted by molar-refractivity contribution is -0.118. The van der Waals surface area contributed by atoms with E-state index in [2.05, 4.69) is 10.3 Å². The number of hydrogen-bond acceptors (Lipinski definition) is 5. The molecule has 5 nitrogen and oxygen atoms in total. The molecule has 138 valence electrons. The van der Waals surface area contributed by atoms with Gasteiger partial charge in [-0.25, -0.2) is 4.98 Å². The number of nitrogens with zero attached hydrogens (tertiary/aromatic N) is 1. The van der Waals surface area contributed by atoms with Crippen molar-refractivity contribution >= 4 is 40.3 Å². The second kappa shape index (κ2) is 8.33. The van der Waals surface area contributed by atoms with E-state index >= 15 is 0 Å². The molecule has 1 aromatic heterocycles. The van der Waals surface area contributed by atoms with E-state index in [0.717, 1.165) is 16.3 Å². The molecule has 0 saturated heterocycles. The molecular formula is C20H17ClN2O3S. The zero-order valence-electron chi connectivity index (χ0n) is 14.8. The van der Waals surface area contributed by atoms with Gasteiger partial charge in [-0.05, 0) is 49.4 Å². The minimum absolute atomic E-state index is 0.0157. The van der Waals surface area contributed by atoms with Crippen LogP contribution in [-0.2, 0) is 4.79 Å². The van der Waals surface area contributed by atoms with Gasteiger partial charge in [-0.3, -0.25) is 9.59 Å². The molecule has 0 unspecified atom stereocenters. The number of hydrogen-bond donors (Lipinski definition) is 1. The summed E-state index contributed by atoms with van der Waals surface area (Å²) < 4.78 is 5.51. The van der Waals surface area contributed by atoms with Gasteiger partial charge in [0.1, 0.15) is 10.8 Å². The number of anilines is 1. The number of halogens is 1.